The van der Waals surface area contributed by atoms with Crippen molar-refractivity contribution < 1.29 is 17.6 Å². The summed E-state index contributed by atoms with van der Waals surface area (Å²) in [6, 6.07) is 3.05. The lowest BCUT2D eigenvalue weighted by atomic mass is 9.84. The van der Waals surface area contributed by atoms with Crippen LogP contribution >= 0.6 is 0 Å². The molecule has 1 aliphatic carbocycles. The number of rotatable bonds is 3. The quantitative estimate of drug-likeness (QED) is 0.594. The zero-order chi connectivity index (χ0) is 15.6. The number of benzene rings is 1. The normalized spacial score (nSPS) is 22.9. The van der Waals surface area contributed by atoms with Crippen LogP contribution in [-0.4, -0.2) is 6.54 Å². The molecule has 0 fully saturated rings. The van der Waals surface area contributed by atoms with Gasteiger partial charge >= 0.3 is 6.18 Å². The molecular formula is C16H19F4N. The standard InChI is InChI=1S/C16H19F4N/c1-10-5-11(2)7-12(6-10)9-21-13-3-4-15(17)14(8-13)16(18,19)20/h3-5,8,10,12,21H,6-7,9H2,1-2H3. The van der Waals surface area contributed by atoms with Gasteiger partial charge in [-0.1, -0.05) is 18.6 Å². The molecular weight excluding hydrogens is 282 g/mol. The first-order valence-corrected chi connectivity index (χ1v) is 7.03. The highest BCUT2D eigenvalue weighted by molar-refractivity contribution is 5.47. The summed E-state index contributed by atoms with van der Waals surface area (Å²) in [7, 11) is 0. The number of anilines is 1. The van der Waals surface area contributed by atoms with Crippen molar-refractivity contribution in [1.29, 1.82) is 0 Å². The van der Waals surface area contributed by atoms with Crippen molar-refractivity contribution in [3.05, 3.63) is 41.2 Å². The second-order valence-corrected chi connectivity index (χ2v) is 5.87. The van der Waals surface area contributed by atoms with Crippen LogP contribution in [0.2, 0.25) is 0 Å². The Hall–Kier alpha value is -1.52. The highest BCUT2D eigenvalue weighted by Crippen LogP contribution is 2.33. The summed E-state index contributed by atoms with van der Waals surface area (Å²) in [5.41, 5.74) is 0.403. The molecule has 116 valence electrons. The zero-order valence-electron chi connectivity index (χ0n) is 12.1. The number of hydrogen-bond donors (Lipinski definition) is 1. The van der Waals surface area contributed by atoms with Crippen LogP contribution in [0.1, 0.15) is 32.3 Å². The molecule has 1 aromatic carbocycles. The maximum atomic E-state index is 13.2. The first-order valence-electron chi connectivity index (χ1n) is 7.03. The lowest BCUT2D eigenvalue weighted by Crippen LogP contribution is -2.20. The monoisotopic (exact) mass is 301 g/mol. The minimum Gasteiger partial charge on any atom is -0.385 e. The average Bonchev–Trinajstić information content (AvgIpc) is 2.35. The number of hydrogen-bond acceptors (Lipinski definition) is 1. The summed E-state index contributed by atoms with van der Waals surface area (Å²) in [4.78, 5) is 0. The van der Waals surface area contributed by atoms with Gasteiger partial charge in [-0.05, 0) is 49.8 Å². The molecule has 0 bridgehead atoms. The third-order valence-corrected chi connectivity index (χ3v) is 3.75. The highest BCUT2D eigenvalue weighted by Gasteiger charge is 2.34. The molecule has 1 nitrogen and oxygen atoms in total. The molecule has 0 spiro atoms. The third kappa shape index (κ3) is 4.22. The van der Waals surface area contributed by atoms with Gasteiger partial charge in [0.05, 0.1) is 5.56 Å². The van der Waals surface area contributed by atoms with Crippen molar-refractivity contribution in [2.45, 2.75) is 32.9 Å². The Morgan fingerprint density at radius 3 is 2.62 bits per heavy atom. The SMILES string of the molecule is CC1=CC(C)CC(CNc2ccc(F)c(C(F)(F)F)c2)C1. The maximum Gasteiger partial charge on any atom is 0.419 e. The molecule has 0 aliphatic heterocycles. The van der Waals surface area contributed by atoms with Gasteiger partial charge in [0.2, 0.25) is 0 Å². The molecule has 5 heteroatoms. The van der Waals surface area contributed by atoms with Crippen LogP contribution in [0.4, 0.5) is 23.2 Å². The fourth-order valence-electron chi connectivity index (χ4n) is 2.96. The van der Waals surface area contributed by atoms with E-state index < -0.39 is 17.6 Å². The maximum absolute atomic E-state index is 13.2. The van der Waals surface area contributed by atoms with E-state index in [1.807, 2.05) is 0 Å². The van der Waals surface area contributed by atoms with Crippen molar-refractivity contribution in [3.8, 4) is 0 Å². The fourth-order valence-corrected chi connectivity index (χ4v) is 2.96. The third-order valence-electron chi connectivity index (χ3n) is 3.75. The summed E-state index contributed by atoms with van der Waals surface area (Å²) >= 11 is 0. The smallest absolute Gasteiger partial charge is 0.385 e. The molecule has 2 unspecified atom stereocenters. The van der Waals surface area contributed by atoms with Gasteiger partial charge in [0.1, 0.15) is 5.82 Å². The number of nitrogens with one attached hydrogen (secondary N) is 1. The molecule has 0 aromatic heterocycles. The van der Waals surface area contributed by atoms with Gasteiger partial charge in [0.15, 0.2) is 0 Å². The predicted octanol–water partition coefficient (Wildman–Crippen LogP) is 5.25. The zero-order valence-corrected chi connectivity index (χ0v) is 12.1. The summed E-state index contributed by atoms with van der Waals surface area (Å²) in [5.74, 6) is -0.355. The molecule has 1 aliphatic rings. The molecule has 2 rings (SSSR count). The van der Waals surface area contributed by atoms with Gasteiger partial charge < -0.3 is 5.32 Å². The average molecular weight is 301 g/mol. The molecule has 1 aromatic rings. The fraction of sp³-hybridized carbons (Fsp3) is 0.500. The van der Waals surface area contributed by atoms with E-state index in [0.29, 0.717) is 24.1 Å². The number of halogens is 4. The lowest BCUT2D eigenvalue weighted by molar-refractivity contribution is -0.139. The molecule has 0 saturated heterocycles. The Bertz CT molecular complexity index is 534. The Morgan fingerprint density at radius 2 is 2.00 bits per heavy atom. The van der Waals surface area contributed by atoms with Crippen molar-refractivity contribution in [2.75, 3.05) is 11.9 Å². The van der Waals surface area contributed by atoms with Gasteiger partial charge in [-0.15, -0.1) is 0 Å². The van der Waals surface area contributed by atoms with Crippen molar-refractivity contribution in [3.63, 3.8) is 0 Å². The van der Waals surface area contributed by atoms with E-state index in [1.54, 1.807) is 0 Å². The molecule has 21 heavy (non-hydrogen) atoms. The first-order chi connectivity index (χ1) is 9.75. The van der Waals surface area contributed by atoms with E-state index in [1.165, 1.54) is 11.6 Å². The molecule has 0 saturated carbocycles. The summed E-state index contributed by atoms with van der Waals surface area (Å²) in [6.45, 7) is 4.80. The van der Waals surface area contributed by atoms with E-state index >= 15 is 0 Å². The van der Waals surface area contributed by atoms with Gasteiger partial charge in [-0.25, -0.2) is 4.39 Å². The first kappa shape index (κ1) is 15.9. The van der Waals surface area contributed by atoms with Crippen LogP contribution < -0.4 is 5.32 Å². The second-order valence-electron chi connectivity index (χ2n) is 5.87. The molecule has 2 atom stereocenters. The van der Waals surface area contributed by atoms with Crippen molar-refractivity contribution in [1.82, 2.24) is 0 Å². The van der Waals surface area contributed by atoms with E-state index in [4.69, 9.17) is 0 Å². The van der Waals surface area contributed by atoms with Crippen LogP contribution in [0.15, 0.2) is 29.8 Å². The molecule has 0 radical (unpaired) electrons. The minimum absolute atomic E-state index is 0.309. The van der Waals surface area contributed by atoms with Gasteiger partial charge in [0, 0.05) is 12.2 Å². The lowest BCUT2D eigenvalue weighted by Gasteiger charge is -2.26. The van der Waals surface area contributed by atoms with Gasteiger partial charge in [0.25, 0.3) is 0 Å². The Morgan fingerprint density at radius 1 is 1.29 bits per heavy atom. The summed E-state index contributed by atoms with van der Waals surface area (Å²) in [5, 5.41) is 3.00. The largest absolute Gasteiger partial charge is 0.419 e. The predicted molar refractivity (Wildman–Crippen MR) is 75.5 cm³/mol. The minimum atomic E-state index is -4.67. The Balaban J connectivity index is 2.03. The van der Waals surface area contributed by atoms with Crippen LogP contribution in [0.5, 0.6) is 0 Å². The Labute approximate surface area is 122 Å². The van der Waals surface area contributed by atoms with Crippen LogP contribution in [-0.2, 0) is 6.18 Å². The molecule has 0 amide bonds. The van der Waals surface area contributed by atoms with Crippen LogP contribution in [0, 0.1) is 17.7 Å². The van der Waals surface area contributed by atoms with Crippen molar-refractivity contribution >= 4 is 5.69 Å². The van der Waals surface area contributed by atoms with E-state index in [9.17, 15) is 17.6 Å². The van der Waals surface area contributed by atoms with Crippen LogP contribution in [0.3, 0.4) is 0 Å². The molecule has 1 N–H and O–H groups in total. The number of allylic oxidation sites excluding steroid dienone is 2. The second kappa shape index (κ2) is 6.08. The van der Waals surface area contributed by atoms with Gasteiger partial charge in [-0.2, -0.15) is 13.2 Å². The van der Waals surface area contributed by atoms with Crippen molar-refractivity contribution in [2.24, 2.45) is 11.8 Å². The summed E-state index contributed by atoms with van der Waals surface area (Å²) in [6.07, 6.45) is -0.473. The van der Waals surface area contributed by atoms with Crippen LogP contribution in [0.25, 0.3) is 0 Å². The van der Waals surface area contributed by atoms with E-state index in [2.05, 4.69) is 25.2 Å². The van der Waals surface area contributed by atoms with Gasteiger partial charge in [-0.3, -0.25) is 0 Å². The topological polar surface area (TPSA) is 12.0 Å². The van der Waals surface area contributed by atoms with E-state index in [0.717, 1.165) is 25.0 Å². The highest BCUT2D eigenvalue weighted by atomic mass is 19.4. The number of alkyl halides is 3. The Kier molecular flexibility index (Phi) is 4.59. The van der Waals surface area contributed by atoms with E-state index in [-0.39, 0.29) is 0 Å². The molecule has 0 heterocycles. The summed E-state index contributed by atoms with van der Waals surface area (Å²) < 4.78 is 51.2.